The molecule has 0 amide bonds. The van der Waals surface area contributed by atoms with Crippen LogP contribution in [-0.2, 0) is 6.54 Å². The van der Waals surface area contributed by atoms with Crippen molar-refractivity contribution in [1.82, 2.24) is 0 Å². The van der Waals surface area contributed by atoms with Gasteiger partial charge < -0.3 is 10.1 Å². The van der Waals surface area contributed by atoms with Crippen LogP contribution >= 0.6 is 0 Å². The van der Waals surface area contributed by atoms with Gasteiger partial charge in [0.1, 0.15) is 24.9 Å². The van der Waals surface area contributed by atoms with Crippen LogP contribution in [0.1, 0.15) is 24.1 Å². The average Bonchev–Trinajstić information content (AvgIpc) is 2.52. The highest BCUT2D eigenvalue weighted by Crippen LogP contribution is 2.13. The summed E-state index contributed by atoms with van der Waals surface area (Å²) < 4.78 is 5.56. The standard InChI is InChI=1S/C18H21NO/c1-3-12-20-18-11-7-8-16(13-18)14-19-15(2)17-9-5-4-6-10-17/h3-11,13,15,19H,1,12,14H2,2H3/p+1/t15-/m1/s1. The molecular formula is C18H22NO+. The largest absolute Gasteiger partial charge is 0.490 e. The van der Waals surface area contributed by atoms with Gasteiger partial charge in [0.25, 0.3) is 0 Å². The van der Waals surface area contributed by atoms with Crippen LogP contribution in [0.5, 0.6) is 5.75 Å². The van der Waals surface area contributed by atoms with E-state index in [0.717, 1.165) is 12.3 Å². The van der Waals surface area contributed by atoms with Crippen molar-refractivity contribution in [2.75, 3.05) is 6.61 Å². The van der Waals surface area contributed by atoms with Crippen molar-refractivity contribution in [2.24, 2.45) is 0 Å². The molecular weight excluding hydrogens is 246 g/mol. The van der Waals surface area contributed by atoms with E-state index in [0.29, 0.717) is 12.6 Å². The Bertz CT molecular complexity index is 536. The lowest BCUT2D eigenvalue weighted by Crippen LogP contribution is -2.83. The van der Waals surface area contributed by atoms with Crippen molar-refractivity contribution < 1.29 is 10.1 Å². The zero-order chi connectivity index (χ0) is 14.2. The van der Waals surface area contributed by atoms with Gasteiger partial charge in [-0.2, -0.15) is 0 Å². The number of ether oxygens (including phenoxy) is 1. The molecule has 0 spiro atoms. The van der Waals surface area contributed by atoms with Crippen LogP contribution in [0.2, 0.25) is 0 Å². The number of nitrogens with two attached hydrogens (primary N) is 1. The second-order valence-corrected chi connectivity index (χ2v) is 4.89. The Morgan fingerprint density at radius 3 is 2.70 bits per heavy atom. The number of hydrogen-bond donors (Lipinski definition) is 1. The summed E-state index contributed by atoms with van der Waals surface area (Å²) >= 11 is 0. The fourth-order valence-corrected chi connectivity index (χ4v) is 2.12. The fourth-order valence-electron chi connectivity index (χ4n) is 2.12. The third kappa shape index (κ3) is 4.25. The third-order valence-corrected chi connectivity index (χ3v) is 3.30. The highest BCUT2D eigenvalue weighted by molar-refractivity contribution is 5.28. The summed E-state index contributed by atoms with van der Waals surface area (Å²) in [5.74, 6) is 0.906. The molecule has 0 fully saturated rings. The molecule has 0 radical (unpaired) electrons. The number of quaternary nitrogens is 1. The van der Waals surface area contributed by atoms with Crippen LogP contribution in [0.25, 0.3) is 0 Å². The summed E-state index contributed by atoms with van der Waals surface area (Å²) in [7, 11) is 0. The van der Waals surface area contributed by atoms with E-state index in [1.165, 1.54) is 11.1 Å². The van der Waals surface area contributed by atoms with E-state index in [1.807, 2.05) is 12.1 Å². The quantitative estimate of drug-likeness (QED) is 0.767. The van der Waals surface area contributed by atoms with E-state index < -0.39 is 0 Å². The van der Waals surface area contributed by atoms with Gasteiger partial charge in [-0.15, -0.1) is 0 Å². The topological polar surface area (TPSA) is 25.8 Å². The van der Waals surface area contributed by atoms with E-state index in [2.05, 4.69) is 61.3 Å². The molecule has 0 aliphatic rings. The summed E-state index contributed by atoms with van der Waals surface area (Å²) in [6, 6.07) is 19.3. The first kappa shape index (κ1) is 14.4. The molecule has 2 aromatic carbocycles. The Kier molecular flexibility index (Phi) is 5.39. The summed E-state index contributed by atoms with van der Waals surface area (Å²) in [6.45, 7) is 7.38. The zero-order valence-electron chi connectivity index (χ0n) is 12.0. The molecule has 2 N–H and O–H groups in total. The predicted octanol–water partition coefficient (Wildman–Crippen LogP) is 3.08. The molecule has 0 saturated heterocycles. The minimum absolute atomic E-state index is 0.453. The molecule has 0 saturated carbocycles. The molecule has 2 heteroatoms. The molecule has 1 atom stereocenters. The summed E-state index contributed by atoms with van der Waals surface area (Å²) in [6.07, 6.45) is 1.76. The maximum Gasteiger partial charge on any atom is 0.120 e. The molecule has 0 aromatic heterocycles. The first-order chi connectivity index (χ1) is 9.79. The van der Waals surface area contributed by atoms with Crippen molar-refractivity contribution in [1.29, 1.82) is 0 Å². The van der Waals surface area contributed by atoms with Gasteiger partial charge in [-0.05, 0) is 19.1 Å². The van der Waals surface area contributed by atoms with Crippen LogP contribution in [0.4, 0.5) is 0 Å². The van der Waals surface area contributed by atoms with Gasteiger partial charge in [0.15, 0.2) is 0 Å². The Morgan fingerprint density at radius 1 is 1.15 bits per heavy atom. The molecule has 0 bridgehead atoms. The maximum absolute atomic E-state index is 5.56. The molecule has 104 valence electrons. The Balaban J connectivity index is 1.92. The SMILES string of the molecule is C=CCOc1cccc(C[NH2+][C@H](C)c2ccccc2)c1. The van der Waals surface area contributed by atoms with Crippen molar-refractivity contribution in [3.8, 4) is 5.75 Å². The second kappa shape index (κ2) is 7.51. The summed E-state index contributed by atoms with van der Waals surface area (Å²) in [5.41, 5.74) is 2.63. The van der Waals surface area contributed by atoms with Gasteiger partial charge in [-0.25, -0.2) is 0 Å². The number of hydrogen-bond acceptors (Lipinski definition) is 1. The molecule has 0 unspecified atom stereocenters. The number of rotatable bonds is 7. The molecule has 0 heterocycles. The third-order valence-electron chi connectivity index (χ3n) is 3.30. The van der Waals surface area contributed by atoms with E-state index >= 15 is 0 Å². The first-order valence-electron chi connectivity index (χ1n) is 7.00. The summed E-state index contributed by atoms with van der Waals surface area (Å²) in [5, 5.41) is 2.34. The van der Waals surface area contributed by atoms with E-state index in [9.17, 15) is 0 Å². The highest BCUT2D eigenvalue weighted by atomic mass is 16.5. The van der Waals surface area contributed by atoms with Gasteiger partial charge in [0.2, 0.25) is 0 Å². The van der Waals surface area contributed by atoms with Crippen molar-refractivity contribution >= 4 is 0 Å². The normalized spacial score (nSPS) is 11.8. The second-order valence-electron chi connectivity index (χ2n) is 4.89. The van der Waals surface area contributed by atoms with Crippen LogP contribution in [0, 0.1) is 0 Å². The van der Waals surface area contributed by atoms with Crippen molar-refractivity contribution in [3.05, 3.63) is 78.4 Å². The number of benzene rings is 2. The first-order valence-corrected chi connectivity index (χ1v) is 7.00. The lowest BCUT2D eigenvalue weighted by molar-refractivity contribution is -0.707. The minimum atomic E-state index is 0.453. The molecule has 2 aromatic rings. The maximum atomic E-state index is 5.56. The molecule has 20 heavy (non-hydrogen) atoms. The minimum Gasteiger partial charge on any atom is -0.490 e. The molecule has 0 aliphatic carbocycles. The average molecular weight is 268 g/mol. The Labute approximate surface area is 121 Å². The monoisotopic (exact) mass is 268 g/mol. The van der Waals surface area contributed by atoms with Crippen molar-refractivity contribution in [2.45, 2.75) is 19.5 Å². The zero-order valence-corrected chi connectivity index (χ0v) is 12.0. The van der Waals surface area contributed by atoms with Crippen LogP contribution in [-0.4, -0.2) is 6.61 Å². The van der Waals surface area contributed by atoms with Gasteiger partial charge >= 0.3 is 0 Å². The Hall–Kier alpha value is -2.06. The summed E-state index contributed by atoms with van der Waals surface area (Å²) in [4.78, 5) is 0. The molecule has 0 aliphatic heterocycles. The van der Waals surface area contributed by atoms with E-state index in [-0.39, 0.29) is 0 Å². The van der Waals surface area contributed by atoms with E-state index in [4.69, 9.17) is 4.74 Å². The van der Waals surface area contributed by atoms with Gasteiger partial charge in [0, 0.05) is 11.1 Å². The fraction of sp³-hybridized carbons (Fsp3) is 0.222. The van der Waals surface area contributed by atoms with Crippen LogP contribution < -0.4 is 10.1 Å². The van der Waals surface area contributed by atoms with Gasteiger partial charge in [0.05, 0.1) is 0 Å². The van der Waals surface area contributed by atoms with Crippen LogP contribution in [0.15, 0.2) is 67.3 Å². The molecule has 2 nitrogen and oxygen atoms in total. The highest BCUT2D eigenvalue weighted by Gasteiger charge is 2.07. The Morgan fingerprint density at radius 2 is 1.95 bits per heavy atom. The van der Waals surface area contributed by atoms with E-state index in [1.54, 1.807) is 6.08 Å². The van der Waals surface area contributed by atoms with Gasteiger partial charge in [-0.3, -0.25) is 0 Å². The van der Waals surface area contributed by atoms with Crippen molar-refractivity contribution in [3.63, 3.8) is 0 Å². The smallest absolute Gasteiger partial charge is 0.120 e. The lowest BCUT2D eigenvalue weighted by atomic mass is 10.1. The molecule has 2 rings (SSSR count). The lowest BCUT2D eigenvalue weighted by Gasteiger charge is -2.11. The predicted molar refractivity (Wildman–Crippen MR) is 82.6 cm³/mol. The van der Waals surface area contributed by atoms with Crippen LogP contribution in [0.3, 0.4) is 0 Å². The van der Waals surface area contributed by atoms with Gasteiger partial charge in [-0.1, -0.05) is 55.1 Å².